The number of carbonyl (C=O) groups excluding carboxylic acids is 1. The van der Waals surface area contributed by atoms with Crippen LogP contribution >= 0.6 is 0 Å². The predicted molar refractivity (Wildman–Crippen MR) is 114 cm³/mol. The molecule has 1 aromatic carbocycles. The molecule has 1 aliphatic rings. The van der Waals surface area contributed by atoms with Gasteiger partial charge in [0.25, 0.3) is 15.9 Å². The van der Waals surface area contributed by atoms with E-state index in [4.69, 9.17) is 4.84 Å². The molecule has 0 radical (unpaired) electrons. The molecule has 0 unspecified atom stereocenters. The van der Waals surface area contributed by atoms with E-state index in [2.05, 4.69) is 22.1 Å². The summed E-state index contributed by atoms with van der Waals surface area (Å²) >= 11 is 0. The SMILES string of the molecule is CON(C)S(=O)(=O)c1ccc(C(=O)NCc2ccc(N3CCC(C)CC3)nc2)cc1. The van der Waals surface area contributed by atoms with Gasteiger partial charge in [0.2, 0.25) is 0 Å². The van der Waals surface area contributed by atoms with Crippen molar-refractivity contribution in [2.75, 3.05) is 32.1 Å². The molecular formula is C21H28N4O4S. The molecule has 0 aliphatic carbocycles. The lowest BCUT2D eigenvalue weighted by Gasteiger charge is -2.31. The van der Waals surface area contributed by atoms with E-state index in [-0.39, 0.29) is 10.8 Å². The Morgan fingerprint density at radius 3 is 2.43 bits per heavy atom. The van der Waals surface area contributed by atoms with E-state index in [0.29, 0.717) is 12.1 Å². The highest BCUT2D eigenvalue weighted by Gasteiger charge is 2.21. The zero-order valence-corrected chi connectivity index (χ0v) is 18.4. The molecule has 0 atom stereocenters. The molecule has 1 aliphatic heterocycles. The second-order valence-corrected chi connectivity index (χ2v) is 9.43. The Kier molecular flexibility index (Phi) is 7.06. The van der Waals surface area contributed by atoms with Gasteiger partial charge in [0.1, 0.15) is 5.82 Å². The zero-order valence-electron chi connectivity index (χ0n) is 17.5. The number of benzene rings is 1. The molecule has 0 saturated carbocycles. The monoisotopic (exact) mass is 432 g/mol. The first-order valence-electron chi connectivity index (χ1n) is 9.92. The van der Waals surface area contributed by atoms with Gasteiger partial charge in [-0.05, 0) is 54.7 Å². The standard InChI is InChI=1S/C21H28N4O4S/c1-16-10-12-25(13-11-16)20-9-4-17(14-22-20)15-23-21(26)18-5-7-19(8-6-18)30(27,28)24(2)29-3/h4-9,14,16H,10-13,15H2,1-3H3,(H,23,26). The van der Waals surface area contributed by atoms with Gasteiger partial charge in [0, 0.05) is 38.4 Å². The van der Waals surface area contributed by atoms with E-state index in [1.807, 2.05) is 12.1 Å². The van der Waals surface area contributed by atoms with Crippen LogP contribution in [-0.4, -0.2) is 51.0 Å². The summed E-state index contributed by atoms with van der Waals surface area (Å²) in [5.41, 5.74) is 1.28. The maximum atomic E-state index is 12.4. The molecule has 1 amide bonds. The van der Waals surface area contributed by atoms with Crippen LogP contribution in [0.15, 0.2) is 47.5 Å². The third-order valence-electron chi connectivity index (χ3n) is 5.38. The minimum atomic E-state index is -3.74. The largest absolute Gasteiger partial charge is 0.357 e. The number of hydrogen-bond donors (Lipinski definition) is 1. The minimum absolute atomic E-state index is 0.0512. The highest BCUT2D eigenvalue weighted by atomic mass is 32.2. The number of nitrogens with zero attached hydrogens (tertiary/aromatic N) is 3. The number of aromatic nitrogens is 1. The molecule has 0 bridgehead atoms. The smallest absolute Gasteiger partial charge is 0.264 e. The summed E-state index contributed by atoms with van der Waals surface area (Å²) in [4.78, 5) is 24.0. The van der Waals surface area contributed by atoms with Gasteiger partial charge in [-0.3, -0.25) is 9.63 Å². The van der Waals surface area contributed by atoms with E-state index in [1.54, 1.807) is 6.20 Å². The van der Waals surface area contributed by atoms with Crippen LogP contribution in [-0.2, 0) is 21.4 Å². The van der Waals surface area contributed by atoms with Crippen molar-refractivity contribution in [1.29, 1.82) is 0 Å². The number of rotatable bonds is 7. The van der Waals surface area contributed by atoms with Gasteiger partial charge in [-0.1, -0.05) is 17.5 Å². The number of nitrogens with one attached hydrogen (secondary N) is 1. The number of piperidine rings is 1. The summed E-state index contributed by atoms with van der Waals surface area (Å²) in [6.45, 7) is 4.67. The summed E-state index contributed by atoms with van der Waals surface area (Å²) in [5, 5.41) is 2.84. The normalized spacial score (nSPS) is 15.4. The minimum Gasteiger partial charge on any atom is -0.357 e. The molecule has 30 heavy (non-hydrogen) atoms. The lowest BCUT2D eigenvalue weighted by atomic mass is 9.99. The van der Waals surface area contributed by atoms with Crippen LogP contribution in [0, 0.1) is 5.92 Å². The molecule has 2 aromatic rings. The van der Waals surface area contributed by atoms with Crippen LogP contribution in [0.3, 0.4) is 0 Å². The van der Waals surface area contributed by atoms with Crippen molar-refractivity contribution in [3.8, 4) is 0 Å². The Hall–Kier alpha value is -2.49. The summed E-state index contributed by atoms with van der Waals surface area (Å²) in [6.07, 6.45) is 4.15. The van der Waals surface area contributed by atoms with Crippen molar-refractivity contribution >= 4 is 21.7 Å². The molecule has 1 N–H and O–H groups in total. The molecule has 9 heteroatoms. The second-order valence-electron chi connectivity index (χ2n) is 7.50. The molecular weight excluding hydrogens is 404 g/mol. The highest BCUT2D eigenvalue weighted by Crippen LogP contribution is 2.21. The van der Waals surface area contributed by atoms with Crippen molar-refractivity contribution < 1.29 is 18.0 Å². The molecule has 1 saturated heterocycles. The van der Waals surface area contributed by atoms with E-state index >= 15 is 0 Å². The van der Waals surface area contributed by atoms with Crippen molar-refractivity contribution in [2.45, 2.75) is 31.2 Å². The van der Waals surface area contributed by atoms with E-state index in [0.717, 1.165) is 34.9 Å². The maximum Gasteiger partial charge on any atom is 0.264 e. The van der Waals surface area contributed by atoms with Gasteiger partial charge < -0.3 is 10.2 Å². The van der Waals surface area contributed by atoms with Crippen LogP contribution in [0.2, 0.25) is 0 Å². The molecule has 1 aromatic heterocycles. The number of sulfonamides is 1. The van der Waals surface area contributed by atoms with E-state index in [9.17, 15) is 13.2 Å². The zero-order chi connectivity index (χ0) is 21.7. The topological polar surface area (TPSA) is 91.8 Å². The molecule has 3 rings (SSSR count). The summed E-state index contributed by atoms with van der Waals surface area (Å²) in [5.74, 6) is 1.45. The first-order valence-corrected chi connectivity index (χ1v) is 11.4. The first kappa shape index (κ1) is 22.2. The fourth-order valence-electron chi connectivity index (χ4n) is 3.26. The van der Waals surface area contributed by atoms with E-state index in [1.165, 1.54) is 51.3 Å². The predicted octanol–water partition coefficient (Wildman–Crippen LogP) is 2.43. The van der Waals surface area contributed by atoms with Crippen molar-refractivity contribution in [1.82, 2.24) is 14.8 Å². The number of anilines is 1. The molecule has 0 spiro atoms. The average Bonchev–Trinajstić information content (AvgIpc) is 2.77. The van der Waals surface area contributed by atoms with Crippen molar-refractivity contribution in [2.24, 2.45) is 5.92 Å². The lowest BCUT2D eigenvalue weighted by Crippen LogP contribution is -2.33. The Balaban J connectivity index is 1.56. The lowest BCUT2D eigenvalue weighted by molar-refractivity contribution is -0.0258. The van der Waals surface area contributed by atoms with Gasteiger partial charge in [-0.25, -0.2) is 13.4 Å². The van der Waals surface area contributed by atoms with Crippen molar-refractivity contribution in [3.05, 3.63) is 53.7 Å². The Labute approximate surface area is 177 Å². The average molecular weight is 433 g/mol. The molecule has 1 fully saturated rings. The van der Waals surface area contributed by atoms with Gasteiger partial charge in [-0.15, -0.1) is 0 Å². The third-order valence-corrected chi connectivity index (χ3v) is 7.07. The summed E-state index contributed by atoms with van der Waals surface area (Å²) in [6, 6.07) is 9.68. The summed E-state index contributed by atoms with van der Waals surface area (Å²) in [7, 11) is -1.16. The second kappa shape index (κ2) is 9.55. The fourth-order valence-corrected chi connectivity index (χ4v) is 4.23. The highest BCUT2D eigenvalue weighted by molar-refractivity contribution is 7.89. The number of hydrogen-bond acceptors (Lipinski definition) is 6. The number of hydroxylamine groups is 1. The van der Waals surface area contributed by atoms with Crippen LogP contribution in [0.4, 0.5) is 5.82 Å². The Bertz CT molecular complexity index is 954. The number of carbonyl (C=O) groups is 1. The van der Waals surface area contributed by atoms with Crippen LogP contribution in [0.1, 0.15) is 35.7 Å². The Morgan fingerprint density at radius 1 is 1.20 bits per heavy atom. The molecule has 8 nitrogen and oxygen atoms in total. The quantitative estimate of drug-likeness (QED) is 0.676. The fraction of sp³-hybridized carbons (Fsp3) is 0.429. The number of amides is 1. The number of pyridine rings is 1. The summed E-state index contributed by atoms with van der Waals surface area (Å²) < 4.78 is 25.2. The van der Waals surface area contributed by atoms with Crippen LogP contribution in [0.5, 0.6) is 0 Å². The maximum absolute atomic E-state index is 12.4. The molecule has 2 heterocycles. The van der Waals surface area contributed by atoms with Gasteiger partial charge in [-0.2, -0.15) is 0 Å². The Morgan fingerprint density at radius 2 is 1.87 bits per heavy atom. The van der Waals surface area contributed by atoms with Crippen molar-refractivity contribution in [3.63, 3.8) is 0 Å². The molecule has 162 valence electrons. The van der Waals surface area contributed by atoms with Gasteiger partial charge in [0.15, 0.2) is 0 Å². The first-order chi connectivity index (χ1) is 14.3. The van der Waals surface area contributed by atoms with E-state index < -0.39 is 10.0 Å². The van der Waals surface area contributed by atoms with Crippen LogP contribution < -0.4 is 10.2 Å². The van der Waals surface area contributed by atoms with Gasteiger partial charge in [0.05, 0.1) is 12.0 Å². The van der Waals surface area contributed by atoms with Gasteiger partial charge >= 0.3 is 0 Å². The van der Waals surface area contributed by atoms with Crippen LogP contribution in [0.25, 0.3) is 0 Å². The third kappa shape index (κ3) is 5.16.